The fourth-order valence-electron chi connectivity index (χ4n) is 2.70. The normalized spacial score (nSPS) is 17.7. The van der Waals surface area contributed by atoms with Crippen molar-refractivity contribution >= 4 is 46.3 Å². The van der Waals surface area contributed by atoms with Crippen molar-refractivity contribution in [3.05, 3.63) is 35.9 Å². The van der Waals surface area contributed by atoms with E-state index in [0.29, 0.717) is 46.0 Å². The summed E-state index contributed by atoms with van der Waals surface area (Å²) in [5.41, 5.74) is 1.33. The summed E-state index contributed by atoms with van der Waals surface area (Å²) in [6, 6.07) is 3.48. The average Bonchev–Trinajstić information content (AvgIpc) is 3.04. The second-order valence-electron chi connectivity index (χ2n) is 6.32. The number of alkyl halides is 2. The second-order valence-corrected chi connectivity index (χ2v) is 8.30. The monoisotopic (exact) mass is 433 g/mol. The largest absolute Gasteiger partial charge is 0.332 e. The van der Waals surface area contributed by atoms with E-state index in [1.165, 1.54) is 24.2 Å². The molecule has 5 nitrogen and oxygen atoms in total. The Kier molecular flexibility index (Phi) is 6.22. The lowest BCUT2D eigenvalue weighted by Gasteiger charge is -2.22. The topological polar surface area (TPSA) is 45.2 Å². The molecular weight excluding hydrogens is 414 g/mol. The van der Waals surface area contributed by atoms with Crippen LogP contribution in [0.15, 0.2) is 30.7 Å². The molecule has 0 amide bonds. The quantitative estimate of drug-likeness (QED) is 0.295. The van der Waals surface area contributed by atoms with Crippen molar-refractivity contribution in [2.75, 3.05) is 23.0 Å². The Morgan fingerprint density at radius 1 is 1.59 bits per heavy atom. The molecule has 146 valence electrons. The van der Waals surface area contributed by atoms with Crippen molar-refractivity contribution in [1.82, 2.24) is 9.78 Å². The number of nitrogens with zero attached hydrogens (tertiary/aromatic N) is 4. The minimum atomic E-state index is -2.46. The fourth-order valence-corrected chi connectivity index (χ4v) is 4.54. The maximum Gasteiger partial charge on any atom is 0.252 e. The first-order valence-corrected chi connectivity index (χ1v) is 10.5. The Balaban J connectivity index is 1.61. The zero-order chi connectivity index (χ0) is 19.6. The second kappa shape index (κ2) is 8.28. The number of aromatic nitrogens is 3. The summed E-state index contributed by atoms with van der Waals surface area (Å²) in [5.74, 6) is -1.78. The minimum Gasteiger partial charge on any atom is -0.332 e. The van der Waals surface area contributed by atoms with Crippen molar-refractivity contribution in [1.29, 1.82) is 0 Å². The molecule has 3 rings (SSSR count). The molecule has 2 aromatic rings. The highest BCUT2D eigenvalue weighted by Crippen LogP contribution is 2.50. The first-order valence-electron chi connectivity index (χ1n) is 8.54. The zero-order valence-electron chi connectivity index (χ0n) is 14.7. The van der Waals surface area contributed by atoms with Crippen LogP contribution in [0.3, 0.4) is 0 Å². The van der Waals surface area contributed by atoms with E-state index in [9.17, 15) is 14.0 Å². The summed E-state index contributed by atoms with van der Waals surface area (Å²) >= 11 is 13.3. The molecule has 1 aliphatic carbocycles. The molecule has 0 aliphatic heterocycles. The van der Waals surface area contributed by atoms with E-state index < -0.39 is 11.8 Å². The van der Waals surface area contributed by atoms with Crippen molar-refractivity contribution in [2.24, 2.45) is 5.92 Å². The van der Waals surface area contributed by atoms with Gasteiger partial charge in [-0.1, -0.05) is 23.8 Å². The number of pyridine rings is 1. The van der Waals surface area contributed by atoms with E-state index in [-0.39, 0.29) is 6.42 Å². The Labute approximate surface area is 170 Å². The number of rotatable bonds is 8. The molecule has 10 heteroatoms. The molecular formula is C17H20ClF2N4OS2+. The van der Waals surface area contributed by atoms with Gasteiger partial charge in [0, 0.05) is 41.9 Å². The summed E-state index contributed by atoms with van der Waals surface area (Å²) in [6.45, 7) is 2.58. The number of hydrogen-bond donors (Lipinski definition) is 1. The van der Waals surface area contributed by atoms with E-state index >= 15 is 0 Å². The lowest BCUT2D eigenvalue weighted by atomic mass is 10.3. The van der Waals surface area contributed by atoms with E-state index in [0.717, 1.165) is 4.73 Å². The molecule has 2 aromatic heterocycles. The standard InChI is InChI=1S/C17H20ClF2N4OS2/c1-2-23(15(26)5-7-27-11-12-8-17(12,19)20)14-10-24(21-16(14)18)13-4-3-6-22(25)9-13/h3-4,6,9-10,12,25H,2,5,7-8,11H2,1H3/q+1. The van der Waals surface area contributed by atoms with Gasteiger partial charge in [0.05, 0.1) is 16.9 Å². The van der Waals surface area contributed by atoms with Gasteiger partial charge in [-0.25, -0.2) is 13.5 Å². The molecule has 0 radical (unpaired) electrons. The van der Waals surface area contributed by atoms with Gasteiger partial charge in [0.1, 0.15) is 5.69 Å². The van der Waals surface area contributed by atoms with E-state index in [4.69, 9.17) is 23.8 Å². The highest BCUT2D eigenvalue weighted by atomic mass is 35.5. The first-order chi connectivity index (χ1) is 12.8. The Bertz CT molecular complexity index is 833. The van der Waals surface area contributed by atoms with Crippen LogP contribution >= 0.6 is 35.6 Å². The Hall–Kier alpha value is -1.45. The third-order valence-corrected chi connectivity index (χ3v) is 6.15. The van der Waals surface area contributed by atoms with Gasteiger partial charge in [-0.3, -0.25) is 5.21 Å². The van der Waals surface area contributed by atoms with Crippen LogP contribution < -0.4 is 9.63 Å². The van der Waals surface area contributed by atoms with Crippen LogP contribution in [0.1, 0.15) is 19.8 Å². The zero-order valence-corrected chi connectivity index (χ0v) is 17.1. The van der Waals surface area contributed by atoms with Crippen LogP contribution in [0, 0.1) is 5.92 Å². The molecule has 1 atom stereocenters. The SMILES string of the molecule is CCN(C(=S)CCSCC1CC1(F)F)c1cn(-c2ccc[n+](O)c2)nc1Cl. The van der Waals surface area contributed by atoms with Crippen LogP contribution in [-0.4, -0.2) is 43.9 Å². The van der Waals surface area contributed by atoms with Crippen molar-refractivity contribution in [2.45, 2.75) is 25.7 Å². The number of hydrogen-bond acceptors (Lipinski definition) is 4. The molecule has 0 aromatic carbocycles. The lowest BCUT2D eigenvalue weighted by molar-refractivity contribution is -0.904. The van der Waals surface area contributed by atoms with Gasteiger partial charge in [0.15, 0.2) is 5.15 Å². The van der Waals surface area contributed by atoms with Crippen LogP contribution in [0.25, 0.3) is 5.69 Å². The molecule has 0 bridgehead atoms. The summed E-state index contributed by atoms with van der Waals surface area (Å²) in [4.78, 5) is 2.59. The maximum atomic E-state index is 12.9. The smallest absolute Gasteiger partial charge is 0.252 e. The van der Waals surface area contributed by atoms with Crippen LogP contribution in [0.5, 0.6) is 0 Å². The van der Waals surface area contributed by atoms with Gasteiger partial charge >= 0.3 is 0 Å². The predicted molar refractivity (Wildman–Crippen MR) is 107 cm³/mol. The van der Waals surface area contributed by atoms with E-state index in [1.807, 2.05) is 11.8 Å². The maximum absolute atomic E-state index is 12.9. The van der Waals surface area contributed by atoms with Crippen LogP contribution in [-0.2, 0) is 0 Å². The van der Waals surface area contributed by atoms with Gasteiger partial charge in [0.2, 0.25) is 12.4 Å². The summed E-state index contributed by atoms with van der Waals surface area (Å²) in [6.07, 6.45) is 5.37. The lowest BCUT2D eigenvalue weighted by Crippen LogP contribution is -2.29. The van der Waals surface area contributed by atoms with Gasteiger partial charge < -0.3 is 4.90 Å². The third kappa shape index (κ3) is 4.89. The van der Waals surface area contributed by atoms with Gasteiger partial charge in [0.25, 0.3) is 5.92 Å². The van der Waals surface area contributed by atoms with Crippen molar-refractivity contribution in [3.63, 3.8) is 0 Å². The van der Waals surface area contributed by atoms with E-state index in [1.54, 1.807) is 23.0 Å². The number of anilines is 1. The molecule has 1 fully saturated rings. The van der Waals surface area contributed by atoms with Crippen molar-refractivity contribution < 1.29 is 18.7 Å². The Morgan fingerprint density at radius 2 is 2.33 bits per heavy atom. The summed E-state index contributed by atoms with van der Waals surface area (Å²) < 4.78 is 28.3. The highest BCUT2D eigenvalue weighted by Gasteiger charge is 2.56. The highest BCUT2D eigenvalue weighted by molar-refractivity contribution is 7.99. The average molecular weight is 434 g/mol. The third-order valence-electron chi connectivity index (χ3n) is 4.33. The molecule has 0 saturated heterocycles. The molecule has 2 heterocycles. The van der Waals surface area contributed by atoms with E-state index in [2.05, 4.69) is 5.10 Å². The molecule has 1 aliphatic rings. The molecule has 1 N–H and O–H groups in total. The molecule has 1 saturated carbocycles. The van der Waals surface area contributed by atoms with Crippen LogP contribution in [0.2, 0.25) is 5.15 Å². The number of halogens is 3. The first kappa shape index (κ1) is 20.3. The van der Waals surface area contributed by atoms with Gasteiger partial charge in [-0.2, -0.15) is 16.9 Å². The number of thioether (sulfide) groups is 1. The van der Waals surface area contributed by atoms with Gasteiger partial charge in [-0.05, 0) is 18.7 Å². The van der Waals surface area contributed by atoms with Crippen LogP contribution in [0.4, 0.5) is 14.5 Å². The van der Waals surface area contributed by atoms with Crippen molar-refractivity contribution in [3.8, 4) is 5.69 Å². The summed E-state index contributed by atoms with van der Waals surface area (Å²) in [5, 5.41) is 14.1. The predicted octanol–water partition coefficient (Wildman–Crippen LogP) is 3.98. The molecule has 27 heavy (non-hydrogen) atoms. The molecule has 0 spiro atoms. The molecule has 1 unspecified atom stereocenters. The minimum absolute atomic E-state index is 0.00759. The Morgan fingerprint density at radius 3 is 2.96 bits per heavy atom. The van der Waals surface area contributed by atoms with Gasteiger partial charge in [-0.15, -0.1) is 0 Å². The fraction of sp³-hybridized carbons (Fsp3) is 0.471. The number of thiocarbonyl (C=S) groups is 1. The summed E-state index contributed by atoms with van der Waals surface area (Å²) in [7, 11) is 0.